The maximum absolute atomic E-state index is 12.4. The molecule has 0 atom stereocenters. The number of hydrogen-bond donors (Lipinski definition) is 1. The Kier molecular flexibility index (Phi) is 8.54. The normalized spacial score (nSPS) is 12.1. The molecule has 0 bridgehead atoms. The summed E-state index contributed by atoms with van der Waals surface area (Å²) < 4.78 is 48.2. The molecule has 0 saturated heterocycles. The van der Waals surface area contributed by atoms with Gasteiger partial charge in [-0.15, -0.1) is 13.2 Å². The number of rotatable bonds is 11. The van der Waals surface area contributed by atoms with Crippen LogP contribution < -0.4 is 10.1 Å². The molecule has 1 N–H and O–H groups in total. The minimum absolute atomic E-state index is 0.206. The summed E-state index contributed by atoms with van der Waals surface area (Å²) in [5, 5.41) is 11.9. The van der Waals surface area contributed by atoms with E-state index in [0.717, 1.165) is 30.2 Å². The van der Waals surface area contributed by atoms with E-state index in [0.29, 0.717) is 29.9 Å². The number of alkyl halides is 3. The van der Waals surface area contributed by atoms with Crippen molar-refractivity contribution >= 4 is 5.82 Å². The van der Waals surface area contributed by atoms with Gasteiger partial charge in [-0.25, -0.2) is 4.98 Å². The van der Waals surface area contributed by atoms with E-state index in [-0.39, 0.29) is 17.5 Å². The van der Waals surface area contributed by atoms with Crippen LogP contribution in [0.5, 0.6) is 5.75 Å². The molecule has 0 radical (unpaired) electrons. The molecule has 3 heterocycles. The van der Waals surface area contributed by atoms with Gasteiger partial charge in [0, 0.05) is 42.6 Å². The number of hydrogen-bond acceptors (Lipinski definition) is 8. The van der Waals surface area contributed by atoms with E-state index < -0.39 is 6.36 Å². The molecule has 0 aliphatic rings. The number of benzene rings is 1. The molecule has 12 heteroatoms. The van der Waals surface area contributed by atoms with Gasteiger partial charge in [-0.1, -0.05) is 11.2 Å². The Morgan fingerprint density at radius 3 is 2.38 bits per heavy atom. The van der Waals surface area contributed by atoms with E-state index in [1.807, 2.05) is 36.0 Å². The lowest BCUT2D eigenvalue weighted by atomic mass is 10.2. The number of aryl methyl sites for hydroxylation is 1. The summed E-state index contributed by atoms with van der Waals surface area (Å²) in [5.74, 6) is 0.928. The number of pyridine rings is 1. The van der Waals surface area contributed by atoms with Crippen LogP contribution >= 0.6 is 0 Å². The summed E-state index contributed by atoms with van der Waals surface area (Å²) in [4.78, 5) is 11.3. The van der Waals surface area contributed by atoms with Crippen LogP contribution in [0.25, 0.3) is 23.0 Å². The average Bonchev–Trinajstić information content (AvgIpc) is 3.49. The van der Waals surface area contributed by atoms with Crippen molar-refractivity contribution in [1.82, 2.24) is 29.8 Å². The van der Waals surface area contributed by atoms with Crippen molar-refractivity contribution in [1.29, 1.82) is 0 Å². The molecule has 0 unspecified atom stereocenters. The Labute approximate surface area is 225 Å². The van der Waals surface area contributed by atoms with Crippen molar-refractivity contribution in [3.63, 3.8) is 0 Å². The number of ether oxygens (including phenoxy) is 1. The quantitative estimate of drug-likeness (QED) is 0.254. The van der Waals surface area contributed by atoms with Crippen molar-refractivity contribution in [2.45, 2.75) is 59.6 Å². The van der Waals surface area contributed by atoms with E-state index >= 15 is 0 Å². The summed E-state index contributed by atoms with van der Waals surface area (Å²) in [7, 11) is 0. The molecule has 3 aromatic heterocycles. The third kappa shape index (κ3) is 7.56. The molecular weight excluding hydrogens is 511 g/mol. The van der Waals surface area contributed by atoms with E-state index in [9.17, 15) is 13.2 Å². The fourth-order valence-corrected chi connectivity index (χ4v) is 4.25. The van der Waals surface area contributed by atoms with Crippen molar-refractivity contribution in [3.8, 4) is 28.7 Å². The summed E-state index contributed by atoms with van der Waals surface area (Å²) in [6.45, 7) is 13.0. The lowest BCUT2D eigenvalue weighted by Gasteiger charge is -2.30. The standard InChI is InChI=1S/C27H32F3N7O2/c1-17(2)36(18(3)4)13-12-31-24-11-6-20(15-32-24)16-37-19(5)14-23(34-37)26-33-25(35-39-26)21-7-9-22(10-8-21)38-27(28,29)30/h6-11,14-15,17-18H,12-13,16H2,1-5H3,(H,31,32). The Hall–Kier alpha value is -3.93. The predicted octanol–water partition coefficient (Wildman–Crippen LogP) is 5.78. The first kappa shape index (κ1) is 28.1. The first-order chi connectivity index (χ1) is 18.5. The fourth-order valence-electron chi connectivity index (χ4n) is 4.25. The third-order valence-electron chi connectivity index (χ3n) is 6.13. The SMILES string of the molecule is Cc1cc(-c2nc(-c3ccc(OC(F)(F)F)cc3)no2)nn1Cc1ccc(NCCN(C(C)C)C(C)C)nc1. The van der Waals surface area contributed by atoms with Crippen LogP contribution in [0.1, 0.15) is 39.0 Å². The van der Waals surface area contributed by atoms with E-state index in [4.69, 9.17) is 4.52 Å². The van der Waals surface area contributed by atoms with Crippen LogP contribution in [-0.4, -0.2) is 61.3 Å². The van der Waals surface area contributed by atoms with Gasteiger partial charge >= 0.3 is 6.36 Å². The first-order valence-electron chi connectivity index (χ1n) is 12.7. The van der Waals surface area contributed by atoms with Crippen LogP contribution in [0, 0.1) is 6.92 Å². The van der Waals surface area contributed by atoms with Gasteiger partial charge in [0.1, 0.15) is 11.6 Å². The minimum Gasteiger partial charge on any atom is -0.406 e. The zero-order chi connectivity index (χ0) is 28.2. The summed E-state index contributed by atoms with van der Waals surface area (Å²) in [5.41, 5.74) is 2.85. The fraction of sp³-hybridized carbons (Fsp3) is 0.407. The van der Waals surface area contributed by atoms with E-state index in [2.05, 4.69) is 62.9 Å². The number of nitrogens with one attached hydrogen (secondary N) is 1. The highest BCUT2D eigenvalue weighted by atomic mass is 19.4. The van der Waals surface area contributed by atoms with Crippen LogP contribution in [0.3, 0.4) is 0 Å². The molecule has 9 nitrogen and oxygen atoms in total. The molecule has 208 valence electrons. The van der Waals surface area contributed by atoms with Crippen molar-refractivity contribution in [2.75, 3.05) is 18.4 Å². The van der Waals surface area contributed by atoms with Gasteiger partial charge in [-0.05, 0) is 76.6 Å². The average molecular weight is 544 g/mol. The van der Waals surface area contributed by atoms with E-state index in [1.54, 1.807) is 0 Å². The number of halogens is 3. The van der Waals surface area contributed by atoms with Gasteiger partial charge in [0.25, 0.3) is 5.89 Å². The summed E-state index contributed by atoms with van der Waals surface area (Å²) in [6.07, 6.45) is -2.93. The molecule has 4 aromatic rings. The van der Waals surface area contributed by atoms with E-state index in [1.165, 1.54) is 24.3 Å². The van der Waals surface area contributed by atoms with Crippen LogP contribution in [-0.2, 0) is 6.54 Å². The first-order valence-corrected chi connectivity index (χ1v) is 12.7. The highest BCUT2D eigenvalue weighted by molar-refractivity contribution is 5.59. The summed E-state index contributed by atoms with van der Waals surface area (Å²) in [6, 6.07) is 12.0. The molecule has 39 heavy (non-hydrogen) atoms. The van der Waals surface area contributed by atoms with Gasteiger partial charge < -0.3 is 14.6 Å². The van der Waals surface area contributed by atoms with Gasteiger partial charge in [0.15, 0.2) is 5.69 Å². The minimum atomic E-state index is -4.75. The van der Waals surface area contributed by atoms with Crippen molar-refractivity contribution in [2.24, 2.45) is 0 Å². The number of nitrogens with zero attached hydrogens (tertiary/aromatic N) is 6. The molecular formula is C27H32F3N7O2. The summed E-state index contributed by atoms with van der Waals surface area (Å²) >= 11 is 0. The maximum atomic E-state index is 12.4. The topological polar surface area (TPSA) is 94.1 Å². The van der Waals surface area contributed by atoms with Gasteiger partial charge in [-0.3, -0.25) is 9.58 Å². The molecule has 0 amide bonds. The number of aromatic nitrogens is 5. The largest absolute Gasteiger partial charge is 0.573 e. The second kappa shape index (κ2) is 11.9. The van der Waals surface area contributed by atoms with Gasteiger partial charge in [-0.2, -0.15) is 10.1 Å². The Morgan fingerprint density at radius 2 is 1.77 bits per heavy atom. The van der Waals surface area contributed by atoms with Crippen molar-refractivity contribution in [3.05, 3.63) is 59.9 Å². The Morgan fingerprint density at radius 1 is 1.05 bits per heavy atom. The van der Waals surface area contributed by atoms with Gasteiger partial charge in [0.05, 0.1) is 6.54 Å². The van der Waals surface area contributed by atoms with Crippen LogP contribution in [0.15, 0.2) is 53.2 Å². The highest BCUT2D eigenvalue weighted by Gasteiger charge is 2.31. The third-order valence-corrected chi connectivity index (χ3v) is 6.13. The molecule has 0 aliphatic carbocycles. The lowest BCUT2D eigenvalue weighted by molar-refractivity contribution is -0.274. The molecule has 4 rings (SSSR count). The molecule has 0 aliphatic heterocycles. The second-order valence-electron chi connectivity index (χ2n) is 9.73. The zero-order valence-electron chi connectivity index (χ0n) is 22.5. The van der Waals surface area contributed by atoms with Crippen molar-refractivity contribution < 1.29 is 22.4 Å². The Balaban J connectivity index is 1.37. The molecule has 0 spiro atoms. The monoisotopic (exact) mass is 543 g/mol. The van der Waals surface area contributed by atoms with Crippen LogP contribution in [0.2, 0.25) is 0 Å². The highest BCUT2D eigenvalue weighted by Crippen LogP contribution is 2.27. The lowest BCUT2D eigenvalue weighted by Crippen LogP contribution is -2.40. The maximum Gasteiger partial charge on any atom is 0.573 e. The second-order valence-corrected chi connectivity index (χ2v) is 9.73. The van der Waals surface area contributed by atoms with Crippen LogP contribution in [0.4, 0.5) is 19.0 Å². The molecule has 0 saturated carbocycles. The predicted molar refractivity (Wildman–Crippen MR) is 141 cm³/mol. The smallest absolute Gasteiger partial charge is 0.406 e. The molecule has 1 aromatic carbocycles. The zero-order valence-corrected chi connectivity index (χ0v) is 22.5. The molecule has 0 fully saturated rings. The Bertz CT molecular complexity index is 1340. The van der Waals surface area contributed by atoms with Gasteiger partial charge in [0.2, 0.25) is 5.82 Å². The number of anilines is 1.